The van der Waals surface area contributed by atoms with Gasteiger partial charge in [-0.05, 0) is 12.8 Å². The van der Waals surface area contributed by atoms with Crippen molar-refractivity contribution < 1.29 is 4.79 Å². The first-order chi connectivity index (χ1) is 11.5. The second kappa shape index (κ2) is 7.04. The quantitative estimate of drug-likeness (QED) is 0.742. The minimum atomic E-state index is -0.318. The van der Waals surface area contributed by atoms with Crippen LogP contribution in [0, 0.1) is 5.92 Å². The summed E-state index contributed by atoms with van der Waals surface area (Å²) in [5, 5.41) is 0. The monoisotopic (exact) mass is 352 g/mol. The first-order valence-corrected chi connectivity index (χ1v) is 9.53. The van der Waals surface area contributed by atoms with Gasteiger partial charge < -0.3 is 9.80 Å². The molecular weight excluding hydrogens is 328 g/mol. The third kappa shape index (κ3) is 3.24. The highest BCUT2D eigenvalue weighted by atomic mass is 32.2. The number of piperidine rings is 1. The minimum absolute atomic E-state index is 0.0629. The van der Waals surface area contributed by atoms with Gasteiger partial charge in [-0.3, -0.25) is 18.7 Å². The van der Waals surface area contributed by atoms with Crippen LogP contribution in [0.25, 0.3) is 0 Å². The van der Waals surface area contributed by atoms with Gasteiger partial charge in [0.05, 0.1) is 0 Å². The Labute approximate surface area is 145 Å². The van der Waals surface area contributed by atoms with E-state index in [4.69, 9.17) is 0 Å². The number of nitrogens with zero attached hydrogens (tertiary/aromatic N) is 4. The number of amides is 1. The molecule has 1 aromatic heterocycles. The summed E-state index contributed by atoms with van der Waals surface area (Å²) in [6, 6.07) is 1.51. The standard InChI is InChI=1S/C16H24N4O3S/c1-17-13(11-14(21)18(2)16(17)23)19-5-3-12(4-6-19)15(22)20-7-9-24-10-8-20/h11-12H,3-10H2,1-2H3. The maximum absolute atomic E-state index is 12.6. The maximum atomic E-state index is 12.6. The summed E-state index contributed by atoms with van der Waals surface area (Å²) in [7, 11) is 3.16. The van der Waals surface area contributed by atoms with E-state index in [1.165, 1.54) is 17.7 Å². The topological polar surface area (TPSA) is 67.6 Å². The van der Waals surface area contributed by atoms with Crippen LogP contribution in [0.1, 0.15) is 12.8 Å². The van der Waals surface area contributed by atoms with Gasteiger partial charge in [0.15, 0.2) is 0 Å². The fourth-order valence-corrected chi connectivity index (χ4v) is 4.33. The maximum Gasteiger partial charge on any atom is 0.332 e. The summed E-state index contributed by atoms with van der Waals surface area (Å²) in [5.41, 5.74) is -0.612. The molecule has 24 heavy (non-hydrogen) atoms. The van der Waals surface area contributed by atoms with E-state index >= 15 is 0 Å². The molecule has 2 aliphatic rings. The Bertz CT molecular complexity index is 728. The molecule has 0 bridgehead atoms. The number of carbonyl (C=O) groups excluding carboxylic acids is 1. The van der Waals surface area contributed by atoms with Crippen LogP contribution in [-0.2, 0) is 18.9 Å². The van der Waals surface area contributed by atoms with Gasteiger partial charge in [0.1, 0.15) is 5.82 Å². The molecule has 0 radical (unpaired) electrons. The Morgan fingerprint density at radius 3 is 2.29 bits per heavy atom. The molecule has 1 aromatic rings. The van der Waals surface area contributed by atoms with E-state index in [2.05, 4.69) is 0 Å². The zero-order chi connectivity index (χ0) is 17.3. The molecule has 2 fully saturated rings. The zero-order valence-corrected chi connectivity index (χ0v) is 15.0. The number of rotatable bonds is 2. The van der Waals surface area contributed by atoms with Crippen molar-refractivity contribution in [1.29, 1.82) is 0 Å². The predicted molar refractivity (Wildman–Crippen MR) is 95.8 cm³/mol. The van der Waals surface area contributed by atoms with Gasteiger partial charge in [0.2, 0.25) is 5.91 Å². The third-order valence-electron chi connectivity index (χ3n) is 4.99. The molecule has 0 aliphatic carbocycles. The van der Waals surface area contributed by atoms with E-state index in [1.807, 2.05) is 21.6 Å². The third-order valence-corrected chi connectivity index (χ3v) is 5.93. The first kappa shape index (κ1) is 17.1. The number of thioether (sulfide) groups is 1. The van der Waals surface area contributed by atoms with Crippen molar-refractivity contribution >= 4 is 23.5 Å². The second-order valence-corrected chi connectivity index (χ2v) is 7.67. The second-order valence-electron chi connectivity index (χ2n) is 6.44. The largest absolute Gasteiger partial charge is 0.358 e. The molecule has 3 heterocycles. The molecule has 0 saturated carbocycles. The van der Waals surface area contributed by atoms with Gasteiger partial charge in [0.25, 0.3) is 5.56 Å². The highest BCUT2D eigenvalue weighted by molar-refractivity contribution is 7.99. The van der Waals surface area contributed by atoms with Crippen LogP contribution in [0.2, 0.25) is 0 Å². The van der Waals surface area contributed by atoms with E-state index in [0.717, 1.165) is 42.0 Å². The lowest BCUT2D eigenvalue weighted by Crippen LogP contribution is -2.47. The van der Waals surface area contributed by atoms with Gasteiger partial charge in [-0.2, -0.15) is 11.8 Å². The summed E-state index contributed by atoms with van der Waals surface area (Å²) >= 11 is 1.90. The fourth-order valence-electron chi connectivity index (χ4n) is 3.42. The highest BCUT2D eigenvalue weighted by Gasteiger charge is 2.30. The molecule has 1 amide bonds. The van der Waals surface area contributed by atoms with Crippen LogP contribution >= 0.6 is 11.8 Å². The van der Waals surface area contributed by atoms with Crippen LogP contribution in [0.4, 0.5) is 5.82 Å². The molecule has 0 aromatic carbocycles. The Morgan fingerprint density at radius 1 is 1.04 bits per heavy atom. The molecule has 8 heteroatoms. The van der Waals surface area contributed by atoms with Crippen molar-refractivity contribution in [2.24, 2.45) is 20.0 Å². The van der Waals surface area contributed by atoms with Gasteiger partial charge in [-0.25, -0.2) is 4.79 Å². The van der Waals surface area contributed by atoms with Crippen molar-refractivity contribution in [3.05, 3.63) is 26.9 Å². The van der Waals surface area contributed by atoms with Crippen molar-refractivity contribution in [3.63, 3.8) is 0 Å². The average Bonchev–Trinajstić information content (AvgIpc) is 2.63. The summed E-state index contributed by atoms with van der Waals surface area (Å²) < 4.78 is 2.61. The van der Waals surface area contributed by atoms with Gasteiger partial charge in [0, 0.05) is 63.8 Å². The molecule has 0 N–H and O–H groups in total. The van der Waals surface area contributed by atoms with Crippen molar-refractivity contribution in [1.82, 2.24) is 14.0 Å². The van der Waals surface area contributed by atoms with Crippen molar-refractivity contribution in [2.75, 3.05) is 42.6 Å². The number of hydrogen-bond acceptors (Lipinski definition) is 5. The molecule has 2 aliphatic heterocycles. The molecule has 0 unspecified atom stereocenters. The molecule has 2 saturated heterocycles. The van der Waals surface area contributed by atoms with E-state index < -0.39 is 0 Å². The highest BCUT2D eigenvalue weighted by Crippen LogP contribution is 2.24. The summed E-state index contributed by atoms with van der Waals surface area (Å²) in [6.07, 6.45) is 1.54. The normalized spacial score (nSPS) is 19.6. The lowest BCUT2D eigenvalue weighted by Gasteiger charge is -2.36. The number of hydrogen-bond donors (Lipinski definition) is 0. The summed E-state index contributed by atoms with van der Waals surface area (Å²) in [6.45, 7) is 3.10. The lowest BCUT2D eigenvalue weighted by molar-refractivity contribution is -0.135. The smallest absolute Gasteiger partial charge is 0.332 e. The Morgan fingerprint density at radius 2 is 1.67 bits per heavy atom. The van der Waals surface area contributed by atoms with Crippen molar-refractivity contribution in [2.45, 2.75) is 12.8 Å². The number of aromatic nitrogens is 2. The Balaban J connectivity index is 1.68. The first-order valence-electron chi connectivity index (χ1n) is 8.37. The molecule has 3 rings (SSSR count). The Hall–Kier alpha value is -1.70. The molecule has 7 nitrogen and oxygen atoms in total. The van der Waals surface area contributed by atoms with E-state index in [1.54, 1.807) is 7.05 Å². The van der Waals surface area contributed by atoms with Gasteiger partial charge in [-0.15, -0.1) is 0 Å². The van der Waals surface area contributed by atoms with Crippen LogP contribution in [-0.4, -0.2) is 57.6 Å². The molecule has 0 atom stereocenters. The van der Waals surface area contributed by atoms with Crippen LogP contribution in [0.3, 0.4) is 0 Å². The number of anilines is 1. The van der Waals surface area contributed by atoms with E-state index in [9.17, 15) is 14.4 Å². The van der Waals surface area contributed by atoms with Crippen LogP contribution < -0.4 is 16.1 Å². The van der Waals surface area contributed by atoms with Crippen LogP contribution in [0.15, 0.2) is 15.7 Å². The number of carbonyl (C=O) groups is 1. The SMILES string of the molecule is Cn1c(N2CCC(C(=O)N3CCSCC3)CC2)cc(=O)n(C)c1=O. The zero-order valence-electron chi connectivity index (χ0n) is 14.2. The summed E-state index contributed by atoms with van der Waals surface area (Å²) in [4.78, 5) is 40.6. The average molecular weight is 352 g/mol. The van der Waals surface area contributed by atoms with Gasteiger partial charge in [-0.1, -0.05) is 0 Å². The van der Waals surface area contributed by atoms with Gasteiger partial charge >= 0.3 is 5.69 Å². The minimum Gasteiger partial charge on any atom is -0.358 e. The lowest BCUT2D eigenvalue weighted by atomic mass is 9.95. The fraction of sp³-hybridized carbons (Fsp3) is 0.688. The summed E-state index contributed by atoms with van der Waals surface area (Å²) in [5.74, 6) is 3.03. The van der Waals surface area contributed by atoms with E-state index in [0.29, 0.717) is 18.9 Å². The van der Waals surface area contributed by atoms with Crippen LogP contribution in [0.5, 0.6) is 0 Å². The molecular formula is C16H24N4O3S. The van der Waals surface area contributed by atoms with Crippen molar-refractivity contribution in [3.8, 4) is 0 Å². The molecule has 132 valence electrons. The van der Waals surface area contributed by atoms with E-state index in [-0.39, 0.29) is 23.1 Å². The predicted octanol–water partition coefficient (Wildman–Crippen LogP) is -0.124. The Kier molecular flexibility index (Phi) is 5.03. The molecule has 0 spiro atoms.